The predicted molar refractivity (Wildman–Crippen MR) is 82.5 cm³/mol. The largest absolute Gasteiger partial charge is 0.389 e. The van der Waals surface area contributed by atoms with Gasteiger partial charge in [-0.2, -0.15) is 0 Å². The zero-order valence-electron chi connectivity index (χ0n) is 12.9. The van der Waals surface area contributed by atoms with Gasteiger partial charge in [0.15, 0.2) is 0 Å². The molecule has 122 valence electrons. The topological polar surface area (TPSA) is 69.6 Å². The Hall–Kier alpha value is -0.170. The lowest BCUT2D eigenvalue weighted by Crippen LogP contribution is -2.45. The Labute approximate surface area is 128 Å². The summed E-state index contributed by atoms with van der Waals surface area (Å²) < 4.78 is 27.3. The molecule has 3 rings (SSSR count). The molecule has 3 fully saturated rings. The van der Waals surface area contributed by atoms with Crippen LogP contribution >= 0.6 is 0 Å². The van der Waals surface area contributed by atoms with Crippen LogP contribution in [-0.2, 0) is 10.0 Å². The standard InChI is InChI=1S/C15H28N2O3S/c1-12-4-7-15(18,8-5-12)11-17-9-6-14(10-17)21(19,20)16-13-2-3-13/h12-14,16,18H,2-11H2,1H3/t12?,14-,15?/m1/s1. The fourth-order valence-corrected chi connectivity index (χ4v) is 5.31. The molecule has 6 heteroatoms. The highest BCUT2D eigenvalue weighted by atomic mass is 32.2. The number of nitrogens with zero attached hydrogens (tertiary/aromatic N) is 1. The van der Waals surface area contributed by atoms with Crippen LogP contribution in [-0.4, -0.2) is 55.0 Å². The minimum atomic E-state index is -3.17. The Bertz CT molecular complexity index is 467. The lowest BCUT2D eigenvalue weighted by Gasteiger charge is -2.37. The van der Waals surface area contributed by atoms with Crippen molar-refractivity contribution in [2.24, 2.45) is 5.92 Å². The van der Waals surface area contributed by atoms with Crippen molar-refractivity contribution in [1.82, 2.24) is 9.62 Å². The molecule has 0 spiro atoms. The molecule has 2 saturated carbocycles. The second-order valence-electron chi connectivity index (χ2n) is 7.49. The molecule has 1 aliphatic heterocycles. The second kappa shape index (κ2) is 5.80. The molecule has 0 aromatic carbocycles. The third-order valence-electron chi connectivity index (χ3n) is 5.30. The van der Waals surface area contributed by atoms with E-state index in [0.29, 0.717) is 25.4 Å². The molecule has 0 aromatic rings. The van der Waals surface area contributed by atoms with Crippen molar-refractivity contribution in [3.8, 4) is 0 Å². The molecule has 1 heterocycles. The number of rotatable bonds is 5. The number of β-amino-alcohol motifs (C(OH)–C–C–N with tert-alkyl or cyclic N) is 1. The van der Waals surface area contributed by atoms with E-state index in [1.54, 1.807) is 0 Å². The molecular weight excluding hydrogens is 288 g/mol. The summed E-state index contributed by atoms with van der Waals surface area (Å²) in [4.78, 5) is 2.15. The Morgan fingerprint density at radius 1 is 1.19 bits per heavy atom. The van der Waals surface area contributed by atoms with Gasteiger partial charge in [0.1, 0.15) is 0 Å². The second-order valence-corrected chi connectivity index (χ2v) is 9.48. The van der Waals surface area contributed by atoms with E-state index in [4.69, 9.17) is 0 Å². The van der Waals surface area contributed by atoms with E-state index in [-0.39, 0.29) is 11.3 Å². The molecule has 0 radical (unpaired) electrons. The summed E-state index contributed by atoms with van der Waals surface area (Å²) in [6.45, 7) is 4.23. The van der Waals surface area contributed by atoms with Crippen molar-refractivity contribution in [3.63, 3.8) is 0 Å². The van der Waals surface area contributed by atoms with Crippen molar-refractivity contribution in [2.45, 2.75) is 68.8 Å². The average molecular weight is 316 g/mol. The lowest BCUT2D eigenvalue weighted by atomic mass is 9.79. The number of hydrogen-bond donors (Lipinski definition) is 2. The Morgan fingerprint density at radius 3 is 2.48 bits per heavy atom. The molecule has 0 bridgehead atoms. The first kappa shape index (κ1) is 15.7. The van der Waals surface area contributed by atoms with Gasteiger partial charge in [-0.3, -0.25) is 4.90 Å². The van der Waals surface area contributed by atoms with E-state index in [0.717, 1.165) is 45.1 Å². The smallest absolute Gasteiger partial charge is 0.216 e. The van der Waals surface area contributed by atoms with Crippen LogP contribution in [0.3, 0.4) is 0 Å². The predicted octanol–water partition coefficient (Wildman–Crippen LogP) is 1.08. The monoisotopic (exact) mass is 316 g/mol. The van der Waals surface area contributed by atoms with Crippen molar-refractivity contribution in [3.05, 3.63) is 0 Å². The van der Waals surface area contributed by atoms with Crippen LogP contribution < -0.4 is 4.72 Å². The SMILES string of the molecule is CC1CCC(O)(CN2CC[C@@H](S(=O)(=O)NC3CC3)C2)CC1. The molecule has 0 amide bonds. The minimum Gasteiger partial charge on any atom is -0.389 e. The van der Waals surface area contributed by atoms with E-state index >= 15 is 0 Å². The zero-order chi connectivity index (χ0) is 15.1. The molecule has 0 aromatic heterocycles. The molecule has 5 nitrogen and oxygen atoms in total. The molecule has 3 aliphatic rings. The molecule has 0 unspecified atom stereocenters. The number of sulfonamides is 1. The Morgan fingerprint density at radius 2 is 1.86 bits per heavy atom. The van der Waals surface area contributed by atoms with Gasteiger partial charge in [0.25, 0.3) is 0 Å². The highest BCUT2D eigenvalue weighted by molar-refractivity contribution is 7.90. The van der Waals surface area contributed by atoms with E-state index < -0.39 is 15.6 Å². The van der Waals surface area contributed by atoms with Gasteiger partial charge in [0.2, 0.25) is 10.0 Å². The molecule has 21 heavy (non-hydrogen) atoms. The van der Waals surface area contributed by atoms with Crippen LogP contribution in [0.25, 0.3) is 0 Å². The van der Waals surface area contributed by atoms with Crippen molar-refractivity contribution in [2.75, 3.05) is 19.6 Å². The fraction of sp³-hybridized carbons (Fsp3) is 1.00. The Kier molecular flexibility index (Phi) is 4.34. The van der Waals surface area contributed by atoms with E-state index in [1.165, 1.54) is 0 Å². The Balaban J connectivity index is 1.52. The maximum absolute atomic E-state index is 12.2. The van der Waals surface area contributed by atoms with Gasteiger partial charge in [0, 0.05) is 19.1 Å². The summed E-state index contributed by atoms with van der Waals surface area (Å²) in [6.07, 6.45) is 6.51. The quantitative estimate of drug-likeness (QED) is 0.796. The van der Waals surface area contributed by atoms with Gasteiger partial charge in [-0.05, 0) is 57.4 Å². The van der Waals surface area contributed by atoms with E-state index in [9.17, 15) is 13.5 Å². The number of aliphatic hydroxyl groups is 1. The van der Waals surface area contributed by atoms with Crippen molar-refractivity contribution in [1.29, 1.82) is 0 Å². The molecular formula is C15H28N2O3S. The van der Waals surface area contributed by atoms with Crippen LogP contribution in [0.5, 0.6) is 0 Å². The summed E-state index contributed by atoms with van der Waals surface area (Å²) in [5.74, 6) is 0.708. The van der Waals surface area contributed by atoms with E-state index in [2.05, 4.69) is 16.5 Å². The highest BCUT2D eigenvalue weighted by Gasteiger charge is 2.40. The summed E-state index contributed by atoms with van der Waals surface area (Å²) >= 11 is 0. The average Bonchev–Trinajstić information content (AvgIpc) is 3.08. The van der Waals surface area contributed by atoms with Crippen LogP contribution in [0.15, 0.2) is 0 Å². The summed E-state index contributed by atoms with van der Waals surface area (Å²) in [7, 11) is -3.17. The third-order valence-corrected chi connectivity index (χ3v) is 7.22. The van der Waals surface area contributed by atoms with E-state index in [1.807, 2.05) is 0 Å². The molecule has 2 N–H and O–H groups in total. The van der Waals surface area contributed by atoms with Gasteiger partial charge >= 0.3 is 0 Å². The highest BCUT2D eigenvalue weighted by Crippen LogP contribution is 2.33. The maximum atomic E-state index is 12.2. The molecule has 1 atom stereocenters. The van der Waals surface area contributed by atoms with Crippen molar-refractivity contribution >= 4 is 10.0 Å². The first-order valence-electron chi connectivity index (χ1n) is 8.32. The summed E-state index contributed by atoms with van der Waals surface area (Å²) in [5.41, 5.74) is -0.602. The number of nitrogens with one attached hydrogen (secondary N) is 1. The first-order valence-corrected chi connectivity index (χ1v) is 9.87. The van der Waals surface area contributed by atoms with Crippen LogP contribution in [0.1, 0.15) is 51.9 Å². The van der Waals surface area contributed by atoms with Gasteiger partial charge in [-0.15, -0.1) is 0 Å². The van der Waals surface area contributed by atoms with Gasteiger partial charge in [0.05, 0.1) is 10.9 Å². The van der Waals surface area contributed by atoms with Crippen LogP contribution in [0, 0.1) is 5.92 Å². The zero-order valence-corrected chi connectivity index (χ0v) is 13.7. The maximum Gasteiger partial charge on any atom is 0.216 e. The number of likely N-dealkylation sites (tertiary alicyclic amines) is 1. The summed E-state index contributed by atoms with van der Waals surface area (Å²) in [6, 6.07) is 0.188. The first-order chi connectivity index (χ1) is 9.86. The van der Waals surface area contributed by atoms with Gasteiger partial charge < -0.3 is 5.11 Å². The third kappa shape index (κ3) is 3.97. The summed E-state index contributed by atoms with van der Waals surface area (Å²) in [5, 5.41) is 10.4. The normalized spacial score (nSPS) is 38.8. The fourth-order valence-electron chi connectivity index (χ4n) is 3.60. The van der Waals surface area contributed by atoms with Gasteiger partial charge in [-0.25, -0.2) is 13.1 Å². The van der Waals surface area contributed by atoms with Crippen molar-refractivity contribution < 1.29 is 13.5 Å². The lowest BCUT2D eigenvalue weighted by molar-refractivity contribution is -0.0305. The van der Waals surface area contributed by atoms with Crippen LogP contribution in [0.2, 0.25) is 0 Å². The van der Waals surface area contributed by atoms with Gasteiger partial charge in [-0.1, -0.05) is 6.92 Å². The minimum absolute atomic E-state index is 0.188. The molecule has 2 aliphatic carbocycles. The van der Waals surface area contributed by atoms with Crippen LogP contribution in [0.4, 0.5) is 0 Å². The molecule has 1 saturated heterocycles. The number of hydrogen-bond acceptors (Lipinski definition) is 4.